The first-order chi connectivity index (χ1) is 12.4. The Morgan fingerprint density at radius 2 is 1.88 bits per heavy atom. The SMILES string of the molecule is Cc1cc(Br)ccc1NC(=O)c1nn(CC(C)C)c(=O)c2ccccc12. The normalized spacial score (nSPS) is 11.1. The van der Waals surface area contributed by atoms with E-state index in [1.807, 2.05) is 39.0 Å². The number of anilines is 1. The Morgan fingerprint density at radius 3 is 2.54 bits per heavy atom. The molecule has 5 nitrogen and oxygen atoms in total. The van der Waals surface area contributed by atoms with E-state index in [4.69, 9.17) is 0 Å². The number of benzene rings is 2. The number of rotatable bonds is 4. The fourth-order valence-corrected chi connectivity index (χ4v) is 3.30. The maximum atomic E-state index is 12.9. The van der Waals surface area contributed by atoms with Crippen molar-refractivity contribution in [1.29, 1.82) is 0 Å². The van der Waals surface area contributed by atoms with Gasteiger partial charge in [-0.25, -0.2) is 4.68 Å². The number of carbonyl (C=O) groups excluding carboxylic acids is 1. The van der Waals surface area contributed by atoms with Crippen LogP contribution in [0.15, 0.2) is 51.7 Å². The van der Waals surface area contributed by atoms with Crippen molar-refractivity contribution < 1.29 is 4.79 Å². The zero-order valence-electron chi connectivity index (χ0n) is 14.9. The van der Waals surface area contributed by atoms with E-state index in [2.05, 4.69) is 26.3 Å². The van der Waals surface area contributed by atoms with E-state index in [9.17, 15) is 9.59 Å². The standard InChI is InChI=1S/C20H20BrN3O2/c1-12(2)11-24-20(26)16-7-5-4-6-15(16)18(23-24)19(25)22-17-9-8-14(21)10-13(17)3/h4-10,12H,11H2,1-3H3,(H,22,25). The molecule has 1 N–H and O–H groups in total. The Balaban J connectivity index is 2.09. The second kappa shape index (κ2) is 7.41. The van der Waals surface area contributed by atoms with Crippen molar-refractivity contribution in [3.63, 3.8) is 0 Å². The molecule has 3 rings (SSSR count). The zero-order valence-corrected chi connectivity index (χ0v) is 16.5. The third-order valence-electron chi connectivity index (χ3n) is 4.06. The van der Waals surface area contributed by atoms with Gasteiger partial charge in [0.25, 0.3) is 11.5 Å². The van der Waals surface area contributed by atoms with Crippen LogP contribution in [-0.2, 0) is 6.54 Å². The predicted molar refractivity (Wildman–Crippen MR) is 108 cm³/mol. The highest BCUT2D eigenvalue weighted by molar-refractivity contribution is 9.10. The fourth-order valence-electron chi connectivity index (χ4n) is 2.82. The Kier molecular flexibility index (Phi) is 5.23. The monoisotopic (exact) mass is 413 g/mol. The van der Waals surface area contributed by atoms with Crippen molar-refractivity contribution in [3.8, 4) is 0 Å². The van der Waals surface area contributed by atoms with Gasteiger partial charge in [-0.3, -0.25) is 9.59 Å². The van der Waals surface area contributed by atoms with E-state index in [1.54, 1.807) is 24.3 Å². The van der Waals surface area contributed by atoms with Gasteiger partial charge in [0.2, 0.25) is 0 Å². The summed E-state index contributed by atoms with van der Waals surface area (Å²) in [6.45, 7) is 6.40. The first kappa shape index (κ1) is 18.3. The molecule has 1 aromatic heterocycles. The lowest BCUT2D eigenvalue weighted by Crippen LogP contribution is -2.29. The average molecular weight is 414 g/mol. The molecule has 0 aliphatic rings. The molecule has 1 amide bonds. The second-order valence-electron chi connectivity index (χ2n) is 6.69. The molecule has 0 aliphatic heterocycles. The van der Waals surface area contributed by atoms with Gasteiger partial charge in [-0.2, -0.15) is 5.10 Å². The van der Waals surface area contributed by atoms with Crippen molar-refractivity contribution in [2.45, 2.75) is 27.3 Å². The van der Waals surface area contributed by atoms with E-state index >= 15 is 0 Å². The summed E-state index contributed by atoms with van der Waals surface area (Å²) in [4.78, 5) is 25.6. The van der Waals surface area contributed by atoms with Crippen molar-refractivity contribution in [1.82, 2.24) is 9.78 Å². The number of hydrogen-bond donors (Lipinski definition) is 1. The number of nitrogens with one attached hydrogen (secondary N) is 1. The first-order valence-corrected chi connectivity index (χ1v) is 9.23. The van der Waals surface area contributed by atoms with Crippen molar-refractivity contribution >= 4 is 38.3 Å². The summed E-state index contributed by atoms with van der Waals surface area (Å²) in [5.74, 6) is -0.0879. The number of carbonyl (C=O) groups is 1. The molecule has 0 atom stereocenters. The van der Waals surface area contributed by atoms with E-state index < -0.39 is 0 Å². The number of halogens is 1. The summed E-state index contributed by atoms with van der Waals surface area (Å²) in [6.07, 6.45) is 0. The summed E-state index contributed by atoms with van der Waals surface area (Å²) < 4.78 is 2.33. The average Bonchev–Trinajstić information content (AvgIpc) is 2.59. The zero-order chi connectivity index (χ0) is 18.8. The number of aromatic nitrogens is 2. The molecule has 6 heteroatoms. The molecular weight excluding hydrogens is 394 g/mol. The molecule has 1 heterocycles. The molecule has 26 heavy (non-hydrogen) atoms. The minimum absolute atomic E-state index is 0.175. The maximum Gasteiger partial charge on any atom is 0.276 e. The number of amides is 1. The highest BCUT2D eigenvalue weighted by Crippen LogP contribution is 2.21. The smallest absolute Gasteiger partial charge is 0.276 e. The van der Waals surface area contributed by atoms with Gasteiger partial charge < -0.3 is 5.32 Å². The van der Waals surface area contributed by atoms with Gasteiger partial charge in [-0.05, 0) is 42.7 Å². The van der Waals surface area contributed by atoms with Gasteiger partial charge in [0, 0.05) is 22.1 Å². The lowest BCUT2D eigenvalue weighted by molar-refractivity contribution is 0.102. The third-order valence-corrected chi connectivity index (χ3v) is 4.55. The van der Waals surface area contributed by atoms with Gasteiger partial charge in [-0.15, -0.1) is 0 Å². The Bertz CT molecular complexity index is 1040. The molecule has 0 aliphatic carbocycles. The van der Waals surface area contributed by atoms with Gasteiger partial charge in [0.1, 0.15) is 0 Å². The van der Waals surface area contributed by atoms with Crippen LogP contribution in [0.5, 0.6) is 0 Å². The topological polar surface area (TPSA) is 64.0 Å². The number of aryl methyl sites for hydroxylation is 1. The minimum atomic E-state index is -0.330. The summed E-state index contributed by atoms with van der Waals surface area (Å²) >= 11 is 3.42. The van der Waals surface area contributed by atoms with Crippen LogP contribution in [0.25, 0.3) is 10.8 Å². The van der Waals surface area contributed by atoms with Crippen molar-refractivity contribution in [2.75, 3.05) is 5.32 Å². The highest BCUT2D eigenvalue weighted by atomic mass is 79.9. The van der Waals surface area contributed by atoms with Crippen LogP contribution in [0.1, 0.15) is 29.9 Å². The molecule has 0 radical (unpaired) electrons. The van der Waals surface area contributed by atoms with E-state index in [-0.39, 0.29) is 23.1 Å². The first-order valence-electron chi connectivity index (χ1n) is 8.44. The van der Waals surface area contributed by atoms with Gasteiger partial charge >= 0.3 is 0 Å². The summed E-state index contributed by atoms with van der Waals surface area (Å²) in [6, 6.07) is 12.7. The Morgan fingerprint density at radius 1 is 1.19 bits per heavy atom. The Hall–Kier alpha value is -2.47. The molecule has 2 aromatic carbocycles. The third kappa shape index (κ3) is 3.70. The van der Waals surface area contributed by atoms with E-state index in [0.717, 1.165) is 10.0 Å². The van der Waals surface area contributed by atoms with Gasteiger partial charge in [0.05, 0.1) is 5.39 Å². The van der Waals surface area contributed by atoms with E-state index in [0.29, 0.717) is 23.0 Å². The lowest BCUT2D eigenvalue weighted by Gasteiger charge is -2.13. The van der Waals surface area contributed by atoms with Crippen molar-refractivity contribution in [2.24, 2.45) is 5.92 Å². The van der Waals surface area contributed by atoms with Crippen LogP contribution < -0.4 is 10.9 Å². The van der Waals surface area contributed by atoms with Crippen LogP contribution >= 0.6 is 15.9 Å². The van der Waals surface area contributed by atoms with Gasteiger partial charge in [0.15, 0.2) is 5.69 Å². The number of fused-ring (bicyclic) bond motifs is 1. The molecule has 0 fully saturated rings. The summed E-state index contributed by atoms with van der Waals surface area (Å²) in [5, 5.41) is 8.34. The molecule has 134 valence electrons. The number of hydrogen-bond acceptors (Lipinski definition) is 3. The molecule has 0 unspecified atom stereocenters. The Labute approximate surface area is 160 Å². The second-order valence-corrected chi connectivity index (χ2v) is 7.60. The molecule has 3 aromatic rings. The van der Waals surface area contributed by atoms with E-state index in [1.165, 1.54) is 4.68 Å². The molecule has 0 saturated carbocycles. The highest BCUT2D eigenvalue weighted by Gasteiger charge is 2.17. The summed E-state index contributed by atoms with van der Waals surface area (Å²) in [5.41, 5.74) is 1.73. The van der Waals surface area contributed by atoms with Crippen LogP contribution in [0.2, 0.25) is 0 Å². The molecule has 0 saturated heterocycles. The van der Waals surface area contributed by atoms with Crippen LogP contribution in [0.3, 0.4) is 0 Å². The minimum Gasteiger partial charge on any atom is -0.320 e. The predicted octanol–water partition coefficient (Wildman–Crippen LogP) is 4.38. The van der Waals surface area contributed by atoms with Crippen LogP contribution in [0.4, 0.5) is 5.69 Å². The quantitative estimate of drug-likeness (QED) is 0.690. The van der Waals surface area contributed by atoms with Crippen LogP contribution in [-0.4, -0.2) is 15.7 Å². The summed E-state index contributed by atoms with van der Waals surface area (Å²) in [7, 11) is 0. The lowest BCUT2D eigenvalue weighted by atomic mass is 10.1. The van der Waals surface area contributed by atoms with Crippen LogP contribution in [0, 0.1) is 12.8 Å². The molecule has 0 spiro atoms. The van der Waals surface area contributed by atoms with Crippen molar-refractivity contribution in [3.05, 3.63) is 68.5 Å². The largest absolute Gasteiger partial charge is 0.320 e. The maximum absolute atomic E-state index is 12.9. The molecular formula is C20H20BrN3O2. The van der Waals surface area contributed by atoms with Gasteiger partial charge in [-0.1, -0.05) is 48.0 Å². The number of nitrogens with zero attached hydrogens (tertiary/aromatic N) is 2. The molecule has 0 bridgehead atoms. The fraction of sp³-hybridized carbons (Fsp3) is 0.250.